The molecule has 0 unspecified atom stereocenters. The summed E-state index contributed by atoms with van der Waals surface area (Å²) in [4.78, 5) is 4.34. The lowest BCUT2D eigenvalue weighted by atomic mass is 9.87. The Morgan fingerprint density at radius 2 is 2.08 bits per heavy atom. The smallest absolute Gasteiger partial charge is 0.116 e. The van der Waals surface area contributed by atoms with Crippen molar-refractivity contribution >= 4 is 21.6 Å². The van der Waals surface area contributed by atoms with Gasteiger partial charge in [-0.15, -0.1) is 5.10 Å². The van der Waals surface area contributed by atoms with Gasteiger partial charge in [-0.2, -0.15) is 0 Å². The highest BCUT2D eigenvalue weighted by atomic mass is 79.9. The maximum absolute atomic E-state index is 9.27. The Morgan fingerprint density at radius 3 is 2.75 bits per heavy atom. The molecule has 2 N–H and O–H groups in total. The number of aliphatic hydroxyl groups is 1. The molecular weight excluding hydrogens is 370 g/mol. The molecule has 0 saturated heterocycles. The van der Waals surface area contributed by atoms with E-state index >= 15 is 0 Å². The molecular formula is C17H24BrN5O. The number of aromatic nitrogens is 4. The molecule has 2 heterocycles. The molecule has 0 aromatic carbocycles. The maximum Gasteiger partial charge on any atom is 0.116 e. The van der Waals surface area contributed by atoms with Gasteiger partial charge < -0.3 is 10.4 Å². The Balaban J connectivity index is 1.81. The summed E-state index contributed by atoms with van der Waals surface area (Å²) in [7, 11) is 0. The first kappa shape index (κ1) is 17.4. The summed E-state index contributed by atoms with van der Waals surface area (Å²) in [5, 5.41) is 21.4. The molecule has 2 aromatic rings. The van der Waals surface area contributed by atoms with E-state index < -0.39 is 0 Å². The van der Waals surface area contributed by atoms with Crippen LogP contribution < -0.4 is 5.32 Å². The van der Waals surface area contributed by atoms with Crippen LogP contribution in [0.15, 0.2) is 23.1 Å². The highest BCUT2D eigenvalue weighted by Gasteiger charge is 2.23. The third-order valence-corrected chi connectivity index (χ3v) is 4.98. The molecule has 1 aliphatic rings. The molecule has 0 aliphatic heterocycles. The van der Waals surface area contributed by atoms with Gasteiger partial charge in [0.25, 0.3) is 0 Å². The maximum atomic E-state index is 9.27. The standard InChI is InChI=1S/C17H24BrN5O/c1-11(2)20-15-7-17(18)19-8-14(15)16-9-23(22-21-16)13-5-3-12(10-24)4-6-13/h7-9,11-13,24H,3-6,10H2,1-2H3,(H,19,20). The van der Waals surface area contributed by atoms with Crippen LogP contribution in [0.4, 0.5) is 5.69 Å². The van der Waals surface area contributed by atoms with Crippen LogP contribution in [0, 0.1) is 5.92 Å². The largest absolute Gasteiger partial charge is 0.396 e. The van der Waals surface area contributed by atoms with E-state index in [-0.39, 0.29) is 0 Å². The van der Waals surface area contributed by atoms with Crippen molar-refractivity contribution in [3.63, 3.8) is 0 Å². The molecule has 0 bridgehead atoms. The van der Waals surface area contributed by atoms with E-state index in [9.17, 15) is 5.11 Å². The minimum atomic E-state index is 0.296. The van der Waals surface area contributed by atoms with Crippen molar-refractivity contribution in [2.45, 2.75) is 51.6 Å². The quantitative estimate of drug-likeness (QED) is 0.758. The van der Waals surface area contributed by atoms with Gasteiger partial charge in [0.15, 0.2) is 0 Å². The van der Waals surface area contributed by atoms with Gasteiger partial charge in [0.05, 0.1) is 12.2 Å². The van der Waals surface area contributed by atoms with E-state index in [4.69, 9.17) is 0 Å². The van der Waals surface area contributed by atoms with Crippen LogP contribution in [0.25, 0.3) is 11.3 Å². The molecule has 1 fully saturated rings. The van der Waals surface area contributed by atoms with Crippen molar-refractivity contribution in [3.8, 4) is 11.3 Å². The average molecular weight is 394 g/mol. The van der Waals surface area contributed by atoms with Gasteiger partial charge in [-0.3, -0.25) is 0 Å². The predicted molar refractivity (Wildman–Crippen MR) is 97.8 cm³/mol. The van der Waals surface area contributed by atoms with Crippen molar-refractivity contribution in [1.29, 1.82) is 0 Å². The zero-order chi connectivity index (χ0) is 17.1. The summed E-state index contributed by atoms with van der Waals surface area (Å²) in [6.45, 7) is 4.51. The van der Waals surface area contributed by atoms with E-state index in [1.165, 1.54) is 0 Å². The molecule has 1 saturated carbocycles. The number of rotatable bonds is 5. The normalized spacial score (nSPS) is 21.2. The summed E-state index contributed by atoms with van der Waals surface area (Å²) in [5.41, 5.74) is 2.80. The molecule has 2 aromatic heterocycles. The van der Waals surface area contributed by atoms with Gasteiger partial charge >= 0.3 is 0 Å². The Kier molecular flexibility index (Phi) is 5.50. The van der Waals surface area contributed by atoms with Gasteiger partial charge in [-0.25, -0.2) is 9.67 Å². The van der Waals surface area contributed by atoms with Crippen LogP contribution in [0.5, 0.6) is 0 Å². The van der Waals surface area contributed by atoms with Gasteiger partial charge in [-0.05, 0) is 67.4 Å². The Morgan fingerprint density at radius 1 is 1.33 bits per heavy atom. The van der Waals surface area contributed by atoms with Crippen LogP contribution >= 0.6 is 15.9 Å². The molecule has 0 radical (unpaired) electrons. The summed E-state index contributed by atoms with van der Waals surface area (Å²) < 4.78 is 2.77. The molecule has 0 atom stereocenters. The lowest BCUT2D eigenvalue weighted by Crippen LogP contribution is -2.20. The van der Waals surface area contributed by atoms with Crippen molar-refractivity contribution in [2.24, 2.45) is 5.92 Å². The highest BCUT2D eigenvalue weighted by molar-refractivity contribution is 9.10. The summed E-state index contributed by atoms with van der Waals surface area (Å²) >= 11 is 3.43. The Labute approximate surface area is 150 Å². The minimum absolute atomic E-state index is 0.296. The van der Waals surface area contributed by atoms with Crippen LogP contribution in [0.3, 0.4) is 0 Å². The van der Waals surface area contributed by atoms with Crippen molar-refractivity contribution in [1.82, 2.24) is 20.0 Å². The van der Waals surface area contributed by atoms with Crippen molar-refractivity contribution in [3.05, 3.63) is 23.1 Å². The summed E-state index contributed by atoms with van der Waals surface area (Å²) in [5.74, 6) is 0.446. The molecule has 0 spiro atoms. The molecule has 6 nitrogen and oxygen atoms in total. The topological polar surface area (TPSA) is 75.9 Å². The number of nitrogens with zero attached hydrogens (tertiary/aromatic N) is 4. The molecule has 7 heteroatoms. The van der Waals surface area contributed by atoms with Gasteiger partial charge in [0.1, 0.15) is 10.3 Å². The molecule has 1 aliphatic carbocycles. The van der Waals surface area contributed by atoms with E-state index in [0.717, 1.165) is 47.2 Å². The lowest BCUT2D eigenvalue weighted by molar-refractivity contribution is 0.164. The van der Waals surface area contributed by atoms with Crippen molar-refractivity contribution in [2.75, 3.05) is 11.9 Å². The minimum Gasteiger partial charge on any atom is -0.396 e. The number of hydrogen-bond donors (Lipinski definition) is 2. The molecule has 24 heavy (non-hydrogen) atoms. The van der Waals surface area contributed by atoms with Crippen molar-refractivity contribution < 1.29 is 5.11 Å². The van der Waals surface area contributed by atoms with Crippen LogP contribution in [-0.4, -0.2) is 37.7 Å². The fourth-order valence-electron chi connectivity index (χ4n) is 3.23. The monoisotopic (exact) mass is 393 g/mol. The van der Waals surface area contributed by atoms with E-state index in [0.29, 0.717) is 24.6 Å². The van der Waals surface area contributed by atoms with E-state index in [2.05, 4.69) is 50.4 Å². The Hall–Kier alpha value is -1.47. The number of aliphatic hydroxyl groups excluding tert-OH is 1. The average Bonchev–Trinajstić information content (AvgIpc) is 3.04. The first-order chi connectivity index (χ1) is 11.6. The van der Waals surface area contributed by atoms with Crippen LogP contribution in [-0.2, 0) is 0 Å². The molecule has 130 valence electrons. The highest BCUT2D eigenvalue weighted by Crippen LogP contribution is 2.33. The Bertz CT molecular complexity index is 679. The number of pyridine rings is 1. The van der Waals surface area contributed by atoms with Gasteiger partial charge in [0.2, 0.25) is 0 Å². The lowest BCUT2D eigenvalue weighted by Gasteiger charge is -2.26. The third-order valence-electron chi connectivity index (χ3n) is 4.55. The van der Waals surface area contributed by atoms with Gasteiger partial charge in [-0.1, -0.05) is 5.21 Å². The first-order valence-corrected chi connectivity index (χ1v) is 9.31. The molecule has 3 rings (SSSR count). The van der Waals surface area contributed by atoms with Crippen LogP contribution in [0.1, 0.15) is 45.6 Å². The van der Waals surface area contributed by atoms with E-state index in [1.54, 1.807) is 0 Å². The summed E-state index contributed by atoms with van der Waals surface area (Å²) in [6.07, 6.45) is 8.03. The number of hydrogen-bond acceptors (Lipinski definition) is 5. The second kappa shape index (κ2) is 7.61. The molecule has 0 amide bonds. The van der Waals surface area contributed by atoms with Gasteiger partial charge in [0, 0.05) is 30.1 Å². The van der Waals surface area contributed by atoms with E-state index in [1.807, 2.05) is 23.1 Å². The fourth-order valence-corrected chi connectivity index (χ4v) is 3.57. The summed E-state index contributed by atoms with van der Waals surface area (Å²) in [6, 6.07) is 2.67. The number of halogens is 1. The van der Waals surface area contributed by atoms with Crippen LogP contribution in [0.2, 0.25) is 0 Å². The zero-order valence-electron chi connectivity index (χ0n) is 14.1. The number of nitrogens with one attached hydrogen (secondary N) is 1. The fraction of sp³-hybridized carbons (Fsp3) is 0.588. The first-order valence-electron chi connectivity index (χ1n) is 8.52. The third kappa shape index (κ3) is 3.95. The second-order valence-electron chi connectivity index (χ2n) is 6.79. The SMILES string of the molecule is CC(C)Nc1cc(Br)ncc1-c1cn(C2CCC(CO)CC2)nn1. The number of anilines is 1. The predicted octanol–water partition coefficient (Wildman–Crippen LogP) is 3.65. The second-order valence-corrected chi connectivity index (χ2v) is 7.61. The zero-order valence-corrected chi connectivity index (χ0v) is 15.7.